The molecule has 9 heteroatoms. The molecule has 1 heterocycles. The van der Waals surface area contributed by atoms with E-state index in [1.165, 1.54) is 12.8 Å². The van der Waals surface area contributed by atoms with Gasteiger partial charge in [-0.1, -0.05) is 23.4 Å². The first-order chi connectivity index (χ1) is 9.51. The molecule has 2 rings (SSSR count). The maximum Gasteiger partial charge on any atom is 0.279 e. The topological polar surface area (TPSA) is 117 Å². The lowest BCUT2D eigenvalue weighted by Gasteiger charge is -2.10. The van der Waals surface area contributed by atoms with Gasteiger partial charge >= 0.3 is 0 Å². The average molecular weight is 315 g/mol. The lowest BCUT2D eigenvalue weighted by Crippen LogP contribution is -2.29. The summed E-state index contributed by atoms with van der Waals surface area (Å²) in [7, 11) is 0. The van der Waals surface area contributed by atoms with Crippen molar-refractivity contribution in [2.24, 2.45) is 5.92 Å². The predicted octanol–water partition coefficient (Wildman–Crippen LogP) is 1.56. The van der Waals surface area contributed by atoms with Crippen LogP contribution in [0.5, 0.6) is 0 Å². The smallest absolute Gasteiger partial charge is 0.279 e. The van der Waals surface area contributed by atoms with E-state index in [0.29, 0.717) is 11.7 Å². The number of hydrogen-bond acceptors (Lipinski definition) is 7. The molecule has 1 aromatic heterocycles. The first kappa shape index (κ1) is 14.9. The van der Waals surface area contributed by atoms with E-state index < -0.39 is 5.91 Å². The van der Waals surface area contributed by atoms with E-state index in [1.54, 1.807) is 6.26 Å². The van der Waals surface area contributed by atoms with E-state index >= 15 is 0 Å². The normalized spacial score (nSPS) is 13.9. The van der Waals surface area contributed by atoms with Gasteiger partial charge in [-0.15, -0.1) is 0 Å². The summed E-state index contributed by atoms with van der Waals surface area (Å²) in [5.41, 5.74) is 5.64. The summed E-state index contributed by atoms with van der Waals surface area (Å²) in [6, 6.07) is 0. The number of nitrogens with one attached hydrogen (secondary N) is 3. The van der Waals surface area contributed by atoms with Crippen LogP contribution in [0.4, 0.5) is 11.6 Å². The van der Waals surface area contributed by atoms with Crippen LogP contribution in [0.3, 0.4) is 0 Å². The lowest BCUT2D eigenvalue weighted by molar-refractivity contribution is 0.0973. The standard InChI is InChI=1S/C11H15ClN6OS/c1-20-11(14)18-10(19)6-8(13)17-9(7(12)16-6)15-4-5-2-3-5/h5H,2-4H2,1H3,(H3,13,15,17)(H2,14,18,19). The quantitative estimate of drug-likeness (QED) is 0.495. The van der Waals surface area contributed by atoms with Crippen molar-refractivity contribution in [3.05, 3.63) is 10.8 Å². The summed E-state index contributed by atoms with van der Waals surface area (Å²) in [6.07, 6.45) is 4.07. The summed E-state index contributed by atoms with van der Waals surface area (Å²) >= 11 is 7.09. The molecule has 20 heavy (non-hydrogen) atoms. The Bertz CT molecular complexity index is 548. The van der Waals surface area contributed by atoms with Crippen LogP contribution in [0.2, 0.25) is 5.15 Å². The molecule has 108 valence electrons. The van der Waals surface area contributed by atoms with Crippen LogP contribution in [0, 0.1) is 11.3 Å². The maximum absolute atomic E-state index is 11.8. The second kappa shape index (κ2) is 6.27. The molecule has 5 N–H and O–H groups in total. The van der Waals surface area contributed by atoms with E-state index in [-0.39, 0.29) is 21.8 Å². The number of nitrogens with zero attached hydrogens (tertiary/aromatic N) is 2. The first-order valence-corrected chi connectivity index (χ1v) is 7.62. The number of amidine groups is 1. The van der Waals surface area contributed by atoms with Crippen molar-refractivity contribution in [1.29, 1.82) is 5.41 Å². The Kier molecular flexibility index (Phi) is 4.66. The monoisotopic (exact) mass is 314 g/mol. The van der Waals surface area contributed by atoms with Gasteiger partial charge in [-0.3, -0.25) is 10.2 Å². The number of anilines is 2. The molecule has 1 aromatic rings. The molecule has 0 aromatic carbocycles. The fourth-order valence-electron chi connectivity index (χ4n) is 1.48. The number of rotatable bonds is 4. The van der Waals surface area contributed by atoms with Gasteiger partial charge in [-0.05, 0) is 25.0 Å². The summed E-state index contributed by atoms with van der Waals surface area (Å²) in [4.78, 5) is 19.9. The largest absolute Gasteiger partial charge is 0.382 e. The van der Waals surface area contributed by atoms with E-state index in [9.17, 15) is 4.79 Å². The zero-order valence-electron chi connectivity index (χ0n) is 10.9. The third-order valence-corrected chi connectivity index (χ3v) is 3.56. The lowest BCUT2D eigenvalue weighted by atomic mass is 10.3. The highest BCUT2D eigenvalue weighted by molar-refractivity contribution is 8.13. The number of aromatic nitrogens is 2. The number of hydrogen-bond donors (Lipinski definition) is 4. The van der Waals surface area contributed by atoms with Gasteiger partial charge in [0.1, 0.15) is 0 Å². The molecule has 0 bridgehead atoms. The number of nitrogen functional groups attached to an aromatic ring is 1. The Labute approximate surface area is 125 Å². The molecule has 1 aliphatic rings. The summed E-state index contributed by atoms with van der Waals surface area (Å²) in [6.45, 7) is 0.774. The number of thioether (sulfide) groups is 1. The van der Waals surface area contributed by atoms with Gasteiger partial charge in [0.05, 0.1) is 0 Å². The maximum atomic E-state index is 11.8. The van der Waals surface area contributed by atoms with Gasteiger partial charge in [0, 0.05) is 6.54 Å². The van der Waals surface area contributed by atoms with Gasteiger partial charge in [-0.25, -0.2) is 9.97 Å². The van der Waals surface area contributed by atoms with Crippen LogP contribution in [-0.2, 0) is 0 Å². The number of halogens is 1. The van der Waals surface area contributed by atoms with Crippen molar-refractivity contribution >= 4 is 46.1 Å². The molecular weight excluding hydrogens is 300 g/mol. The first-order valence-electron chi connectivity index (χ1n) is 6.02. The zero-order chi connectivity index (χ0) is 14.7. The van der Waals surface area contributed by atoms with Crippen molar-refractivity contribution in [3.63, 3.8) is 0 Å². The average Bonchev–Trinajstić information content (AvgIpc) is 3.23. The number of carbonyl (C=O) groups excluding carboxylic acids is 1. The van der Waals surface area contributed by atoms with E-state index in [0.717, 1.165) is 18.3 Å². The summed E-state index contributed by atoms with van der Waals surface area (Å²) in [5, 5.41) is 12.9. The fraction of sp³-hybridized carbons (Fsp3) is 0.455. The van der Waals surface area contributed by atoms with Gasteiger partial charge < -0.3 is 16.4 Å². The second-order valence-electron chi connectivity index (χ2n) is 4.41. The molecule has 1 amide bonds. The Morgan fingerprint density at radius 1 is 1.55 bits per heavy atom. The van der Waals surface area contributed by atoms with Crippen molar-refractivity contribution in [2.45, 2.75) is 12.8 Å². The molecular formula is C11H15ClN6OS. The highest BCUT2D eigenvalue weighted by Crippen LogP contribution is 2.30. The molecule has 1 fully saturated rings. The van der Waals surface area contributed by atoms with Gasteiger partial charge in [0.2, 0.25) is 0 Å². The second-order valence-corrected chi connectivity index (χ2v) is 5.58. The summed E-state index contributed by atoms with van der Waals surface area (Å²) in [5.74, 6) is 0.427. The molecule has 0 unspecified atom stereocenters. The zero-order valence-corrected chi connectivity index (χ0v) is 12.4. The molecule has 1 saturated carbocycles. The fourth-order valence-corrected chi connectivity index (χ4v) is 1.87. The van der Waals surface area contributed by atoms with Gasteiger partial charge in [0.25, 0.3) is 5.91 Å². The number of nitrogens with two attached hydrogens (primary N) is 1. The molecule has 0 atom stereocenters. The van der Waals surface area contributed by atoms with E-state index in [1.807, 2.05) is 0 Å². The van der Waals surface area contributed by atoms with Crippen LogP contribution in [0.1, 0.15) is 23.3 Å². The molecule has 1 aliphatic carbocycles. The minimum Gasteiger partial charge on any atom is -0.382 e. The van der Waals surface area contributed by atoms with Crippen molar-refractivity contribution < 1.29 is 4.79 Å². The highest BCUT2D eigenvalue weighted by Gasteiger charge is 2.22. The minimum atomic E-state index is -0.593. The van der Waals surface area contributed by atoms with Crippen molar-refractivity contribution in [3.8, 4) is 0 Å². The van der Waals surface area contributed by atoms with Crippen molar-refractivity contribution in [1.82, 2.24) is 15.3 Å². The summed E-state index contributed by atoms with van der Waals surface area (Å²) < 4.78 is 0. The van der Waals surface area contributed by atoms with E-state index in [4.69, 9.17) is 22.7 Å². The Morgan fingerprint density at radius 3 is 2.85 bits per heavy atom. The van der Waals surface area contributed by atoms with Crippen LogP contribution < -0.4 is 16.4 Å². The van der Waals surface area contributed by atoms with Crippen molar-refractivity contribution in [2.75, 3.05) is 23.9 Å². The molecule has 0 aliphatic heterocycles. The minimum absolute atomic E-state index is 0.00302. The van der Waals surface area contributed by atoms with Crippen LogP contribution in [0.15, 0.2) is 0 Å². The Hall–Kier alpha value is -1.54. The number of amides is 1. The van der Waals surface area contributed by atoms with Crippen LogP contribution in [0.25, 0.3) is 0 Å². The van der Waals surface area contributed by atoms with Gasteiger partial charge in [0.15, 0.2) is 27.7 Å². The molecule has 0 radical (unpaired) electrons. The molecule has 0 spiro atoms. The predicted molar refractivity (Wildman–Crippen MR) is 81.4 cm³/mol. The molecule has 7 nitrogen and oxygen atoms in total. The van der Waals surface area contributed by atoms with Crippen LogP contribution >= 0.6 is 23.4 Å². The van der Waals surface area contributed by atoms with Gasteiger partial charge in [-0.2, -0.15) is 0 Å². The van der Waals surface area contributed by atoms with E-state index in [2.05, 4.69) is 20.6 Å². The SMILES string of the molecule is CSC(=N)NC(=O)c1nc(Cl)c(NCC2CC2)nc1N. The third-order valence-electron chi connectivity index (χ3n) is 2.78. The third kappa shape index (κ3) is 3.73. The Balaban J connectivity index is 2.11. The van der Waals surface area contributed by atoms with Crippen LogP contribution in [-0.4, -0.2) is 33.8 Å². The Morgan fingerprint density at radius 2 is 2.25 bits per heavy atom. The number of carbonyl (C=O) groups is 1. The highest BCUT2D eigenvalue weighted by atomic mass is 35.5. The molecule has 0 saturated heterocycles.